The van der Waals surface area contributed by atoms with Gasteiger partial charge in [0.05, 0.1) is 5.69 Å². The van der Waals surface area contributed by atoms with Gasteiger partial charge in [-0.25, -0.2) is 0 Å². The van der Waals surface area contributed by atoms with Crippen LogP contribution in [0, 0.1) is 13.8 Å². The summed E-state index contributed by atoms with van der Waals surface area (Å²) in [6, 6.07) is 13.4. The average Bonchev–Trinajstić information content (AvgIpc) is 2.51. The smallest absolute Gasteiger partial charge is 0.226 e. The van der Waals surface area contributed by atoms with Gasteiger partial charge in [-0.1, -0.05) is 24.3 Å². The number of hydrogen-bond acceptors (Lipinski definition) is 2. The number of nitrogens with zero attached hydrogens (tertiary/aromatic N) is 1. The number of aryl methyl sites for hydroxylation is 2. The minimum absolute atomic E-state index is 0.0942. The van der Waals surface area contributed by atoms with E-state index in [9.17, 15) is 9.59 Å². The van der Waals surface area contributed by atoms with Gasteiger partial charge in [0.2, 0.25) is 11.8 Å². The highest BCUT2D eigenvalue weighted by Crippen LogP contribution is 2.27. The van der Waals surface area contributed by atoms with Crippen molar-refractivity contribution >= 4 is 39.1 Å². The zero-order chi connectivity index (χ0) is 17.7. The van der Waals surface area contributed by atoms with Gasteiger partial charge in [-0.2, -0.15) is 0 Å². The summed E-state index contributed by atoms with van der Waals surface area (Å²) in [6.45, 7) is 5.77. The first-order valence-corrected chi connectivity index (χ1v) is 8.57. The largest absolute Gasteiger partial charge is 0.326 e. The molecule has 4 nitrogen and oxygen atoms in total. The second-order valence-corrected chi connectivity index (χ2v) is 6.59. The van der Waals surface area contributed by atoms with Crippen LogP contribution in [-0.2, 0) is 9.59 Å². The first kappa shape index (κ1) is 18.2. The summed E-state index contributed by atoms with van der Waals surface area (Å²) < 4.78 is 0.844. The van der Waals surface area contributed by atoms with E-state index in [-0.39, 0.29) is 18.2 Å². The van der Waals surface area contributed by atoms with E-state index >= 15 is 0 Å². The fourth-order valence-electron chi connectivity index (χ4n) is 2.42. The van der Waals surface area contributed by atoms with Crippen LogP contribution in [0.15, 0.2) is 46.9 Å². The number of benzene rings is 2. The van der Waals surface area contributed by atoms with Crippen molar-refractivity contribution in [3.8, 4) is 0 Å². The van der Waals surface area contributed by atoms with Crippen molar-refractivity contribution in [1.29, 1.82) is 0 Å². The Kier molecular flexibility index (Phi) is 6.15. The van der Waals surface area contributed by atoms with E-state index in [0.717, 1.165) is 27.0 Å². The monoisotopic (exact) mass is 388 g/mol. The molecule has 0 aliphatic carbocycles. The SMILES string of the molecule is CC(=O)N(CCC(=O)Nc1ccccc1C)c1ccc(C)cc1Br. The van der Waals surface area contributed by atoms with Crippen LogP contribution in [0.3, 0.4) is 0 Å². The Morgan fingerprint density at radius 1 is 1.12 bits per heavy atom. The van der Waals surface area contributed by atoms with Crippen molar-refractivity contribution < 1.29 is 9.59 Å². The van der Waals surface area contributed by atoms with Crippen LogP contribution in [-0.4, -0.2) is 18.4 Å². The van der Waals surface area contributed by atoms with Gasteiger partial charge in [0, 0.05) is 30.0 Å². The fraction of sp³-hybridized carbons (Fsp3) is 0.263. The summed E-state index contributed by atoms with van der Waals surface area (Å²) in [5.41, 5.74) is 3.69. The van der Waals surface area contributed by atoms with Crippen molar-refractivity contribution in [2.45, 2.75) is 27.2 Å². The maximum atomic E-state index is 12.2. The van der Waals surface area contributed by atoms with Crippen LogP contribution in [0.4, 0.5) is 11.4 Å². The normalized spacial score (nSPS) is 10.3. The van der Waals surface area contributed by atoms with Crippen molar-refractivity contribution in [3.63, 3.8) is 0 Å². The highest BCUT2D eigenvalue weighted by atomic mass is 79.9. The van der Waals surface area contributed by atoms with E-state index in [1.807, 2.05) is 56.3 Å². The van der Waals surface area contributed by atoms with Gasteiger partial charge in [0.15, 0.2) is 0 Å². The molecule has 1 N–H and O–H groups in total. The lowest BCUT2D eigenvalue weighted by molar-refractivity contribution is -0.117. The zero-order valence-electron chi connectivity index (χ0n) is 14.1. The molecule has 0 saturated carbocycles. The lowest BCUT2D eigenvalue weighted by Gasteiger charge is -2.22. The van der Waals surface area contributed by atoms with Gasteiger partial charge in [-0.15, -0.1) is 0 Å². The standard InChI is InChI=1S/C19H21BrN2O2/c1-13-8-9-18(16(20)12-13)22(15(3)23)11-10-19(24)21-17-7-5-4-6-14(17)2/h4-9,12H,10-11H2,1-3H3,(H,21,24). The third-order valence-electron chi connectivity index (χ3n) is 3.76. The quantitative estimate of drug-likeness (QED) is 0.822. The minimum Gasteiger partial charge on any atom is -0.326 e. The predicted octanol–water partition coefficient (Wildman–Crippen LogP) is 4.45. The molecule has 0 bridgehead atoms. The molecule has 0 aromatic heterocycles. The predicted molar refractivity (Wildman–Crippen MR) is 101 cm³/mol. The fourth-order valence-corrected chi connectivity index (χ4v) is 3.12. The first-order chi connectivity index (χ1) is 11.4. The molecule has 0 unspecified atom stereocenters. The summed E-state index contributed by atoms with van der Waals surface area (Å²) in [6.07, 6.45) is 0.230. The number of anilines is 2. The number of nitrogens with one attached hydrogen (secondary N) is 1. The molecule has 0 aliphatic rings. The van der Waals surface area contributed by atoms with Crippen molar-refractivity contribution in [1.82, 2.24) is 0 Å². The number of amides is 2. The molecular formula is C19H21BrN2O2. The van der Waals surface area contributed by atoms with Crippen LogP contribution in [0.25, 0.3) is 0 Å². The molecule has 2 aromatic rings. The number of hydrogen-bond donors (Lipinski definition) is 1. The molecule has 24 heavy (non-hydrogen) atoms. The van der Waals surface area contributed by atoms with E-state index in [1.54, 1.807) is 4.90 Å². The van der Waals surface area contributed by atoms with Gasteiger partial charge in [-0.3, -0.25) is 9.59 Å². The molecule has 0 heterocycles. The Morgan fingerprint density at radius 2 is 1.83 bits per heavy atom. The van der Waals surface area contributed by atoms with Crippen LogP contribution in [0.2, 0.25) is 0 Å². The Bertz CT molecular complexity index is 759. The third kappa shape index (κ3) is 4.68. The van der Waals surface area contributed by atoms with E-state index in [1.165, 1.54) is 6.92 Å². The molecule has 2 aromatic carbocycles. The average molecular weight is 389 g/mol. The molecule has 126 valence electrons. The lowest BCUT2D eigenvalue weighted by atomic mass is 10.2. The molecule has 0 radical (unpaired) electrons. The number of carbonyl (C=O) groups is 2. The molecule has 0 fully saturated rings. The number of carbonyl (C=O) groups excluding carboxylic acids is 2. The molecule has 2 rings (SSSR count). The Labute approximate surface area is 151 Å². The molecule has 5 heteroatoms. The minimum atomic E-state index is -0.112. The van der Waals surface area contributed by atoms with Crippen molar-refractivity contribution in [2.24, 2.45) is 0 Å². The van der Waals surface area contributed by atoms with Crippen LogP contribution >= 0.6 is 15.9 Å². The Hall–Kier alpha value is -2.14. The van der Waals surface area contributed by atoms with Crippen molar-refractivity contribution in [2.75, 3.05) is 16.8 Å². The van der Waals surface area contributed by atoms with Crippen LogP contribution < -0.4 is 10.2 Å². The summed E-state index contributed by atoms with van der Waals surface area (Å²) in [4.78, 5) is 25.8. The maximum Gasteiger partial charge on any atom is 0.226 e. The van der Waals surface area contributed by atoms with Gasteiger partial charge in [0.25, 0.3) is 0 Å². The lowest BCUT2D eigenvalue weighted by Crippen LogP contribution is -2.32. The Balaban J connectivity index is 2.05. The van der Waals surface area contributed by atoms with Gasteiger partial charge < -0.3 is 10.2 Å². The topological polar surface area (TPSA) is 49.4 Å². The van der Waals surface area contributed by atoms with E-state index < -0.39 is 0 Å². The van der Waals surface area contributed by atoms with Crippen molar-refractivity contribution in [3.05, 3.63) is 58.1 Å². The van der Waals surface area contributed by atoms with E-state index in [2.05, 4.69) is 21.2 Å². The summed E-state index contributed by atoms with van der Waals surface area (Å²) in [5.74, 6) is -0.206. The second-order valence-electron chi connectivity index (χ2n) is 5.74. The maximum absolute atomic E-state index is 12.2. The summed E-state index contributed by atoms with van der Waals surface area (Å²) >= 11 is 3.49. The summed E-state index contributed by atoms with van der Waals surface area (Å²) in [5, 5.41) is 2.89. The van der Waals surface area contributed by atoms with Crippen LogP contribution in [0.1, 0.15) is 24.5 Å². The summed E-state index contributed by atoms with van der Waals surface area (Å²) in [7, 11) is 0. The number of rotatable bonds is 5. The van der Waals surface area contributed by atoms with Crippen LogP contribution in [0.5, 0.6) is 0 Å². The number of halogens is 1. The zero-order valence-corrected chi connectivity index (χ0v) is 15.7. The first-order valence-electron chi connectivity index (χ1n) is 7.78. The van der Waals surface area contributed by atoms with E-state index in [0.29, 0.717) is 6.54 Å². The molecule has 2 amide bonds. The molecule has 0 atom stereocenters. The highest BCUT2D eigenvalue weighted by Gasteiger charge is 2.16. The molecule has 0 saturated heterocycles. The van der Waals surface area contributed by atoms with Gasteiger partial charge >= 0.3 is 0 Å². The van der Waals surface area contributed by atoms with Gasteiger partial charge in [-0.05, 0) is 59.1 Å². The number of para-hydroxylation sites is 1. The van der Waals surface area contributed by atoms with Gasteiger partial charge in [0.1, 0.15) is 0 Å². The van der Waals surface area contributed by atoms with E-state index in [4.69, 9.17) is 0 Å². The third-order valence-corrected chi connectivity index (χ3v) is 4.39. The Morgan fingerprint density at radius 3 is 2.46 bits per heavy atom. The second kappa shape index (κ2) is 8.11. The molecule has 0 aliphatic heterocycles. The molecule has 0 spiro atoms. The highest BCUT2D eigenvalue weighted by molar-refractivity contribution is 9.10. The molecular weight excluding hydrogens is 368 g/mol.